The number of alkyl halides is 1. The fraction of sp³-hybridized carbons (Fsp3) is 0.571. The van der Waals surface area contributed by atoms with Gasteiger partial charge in [-0.05, 0) is 49.5 Å². The summed E-state index contributed by atoms with van der Waals surface area (Å²) in [5, 5.41) is 0.839. The third kappa shape index (κ3) is 3.97. The second-order valence-electron chi connectivity index (χ2n) is 4.92. The number of halogens is 2. The number of likely N-dealkylation sites (tertiary alicyclic amines) is 1. The van der Waals surface area contributed by atoms with Gasteiger partial charge in [-0.3, -0.25) is 4.90 Å². The van der Waals surface area contributed by atoms with E-state index in [4.69, 9.17) is 11.6 Å². The average Bonchev–Trinajstić information content (AvgIpc) is 2.29. The zero-order chi connectivity index (χ0) is 12.3. The van der Waals surface area contributed by atoms with Crippen LogP contribution >= 0.6 is 27.5 Å². The van der Waals surface area contributed by atoms with E-state index in [2.05, 4.69) is 39.9 Å². The standard InChI is InChI=1S/C14H19BrClN/c1-11(15)13-5-7-17(8-6-13)10-12-3-2-4-14(16)9-12/h2-4,9,11,13H,5-8,10H2,1H3. The molecule has 1 aromatic carbocycles. The van der Waals surface area contributed by atoms with Crippen LogP contribution in [-0.2, 0) is 6.54 Å². The molecule has 0 aromatic heterocycles. The van der Waals surface area contributed by atoms with Gasteiger partial charge in [0.15, 0.2) is 0 Å². The minimum Gasteiger partial charge on any atom is -0.299 e. The number of hydrogen-bond acceptors (Lipinski definition) is 1. The van der Waals surface area contributed by atoms with E-state index in [0.29, 0.717) is 4.83 Å². The summed E-state index contributed by atoms with van der Waals surface area (Å²) in [4.78, 5) is 3.17. The Balaban J connectivity index is 1.86. The summed E-state index contributed by atoms with van der Waals surface area (Å²) in [5.74, 6) is 0.839. The van der Waals surface area contributed by atoms with E-state index in [0.717, 1.165) is 17.5 Å². The van der Waals surface area contributed by atoms with Gasteiger partial charge < -0.3 is 0 Å². The van der Waals surface area contributed by atoms with E-state index in [-0.39, 0.29) is 0 Å². The molecule has 1 saturated heterocycles. The molecule has 0 N–H and O–H groups in total. The molecule has 1 heterocycles. The first-order valence-corrected chi connectivity index (χ1v) is 7.55. The number of nitrogens with zero attached hydrogens (tertiary/aromatic N) is 1. The van der Waals surface area contributed by atoms with Crippen molar-refractivity contribution >= 4 is 27.5 Å². The second kappa shape index (κ2) is 6.21. The average molecular weight is 317 g/mol. The molecule has 1 atom stereocenters. The van der Waals surface area contributed by atoms with Gasteiger partial charge in [0.1, 0.15) is 0 Å². The van der Waals surface area contributed by atoms with Gasteiger partial charge in [-0.25, -0.2) is 0 Å². The lowest BCUT2D eigenvalue weighted by Gasteiger charge is -2.33. The third-order valence-corrected chi connectivity index (χ3v) is 4.56. The number of hydrogen-bond donors (Lipinski definition) is 0. The Kier molecular flexibility index (Phi) is 4.89. The van der Waals surface area contributed by atoms with Crippen molar-refractivity contribution in [3.05, 3.63) is 34.9 Å². The molecule has 1 aliphatic heterocycles. The largest absolute Gasteiger partial charge is 0.299 e. The van der Waals surface area contributed by atoms with Crippen LogP contribution in [0.4, 0.5) is 0 Å². The van der Waals surface area contributed by atoms with Crippen molar-refractivity contribution in [3.8, 4) is 0 Å². The highest BCUT2D eigenvalue weighted by Crippen LogP contribution is 2.26. The first-order chi connectivity index (χ1) is 8.15. The van der Waals surface area contributed by atoms with Crippen LogP contribution in [0.3, 0.4) is 0 Å². The molecule has 2 rings (SSSR count). The predicted octanol–water partition coefficient (Wildman–Crippen LogP) is 4.34. The maximum atomic E-state index is 6.00. The van der Waals surface area contributed by atoms with Gasteiger partial charge >= 0.3 is 0 Å². The van der Waals surface area contributed by atoms with E-state index in [1.165, 1.54) is 31.5 Å². The molecule has 0 spiro atoms. The topological polar surface area (TPSA) is 3.24 Å². The molecule has 1 fully saturated rings. The Morgan fingerprint density at radius 2 is 2.12 bits per heavy atom. The Bertz CT molecular complexity index is 359. The summed E-state index contributed by atoms with van der Waals surface area (Å²) in [6.07, 6.45) is 2.60. The Hall–Kier alpha value is -0.0500. The molecule has 0 aliphatic carbocycles. The number of piperidine rings is 1. The van der Waals surface area contributed by atoms with Crippen LogP contribution in [0, 0.1) is 5.92 Å². The lowest BCUT2D eigenvalue weighted by Crippen LogP contribution is -2.35. The van der Waals surface area contributed by atoms with Crippen LogP contribution in [0.1, 0.15) is 25.3 Å². The Morgan fingerprint density at radius 1 is 1.41 bits per heavy atom. The Labute approximate surface area is 117 Å². The van der Waals surface area contributed by atoms with E-state index in [1.54, 1.807) is 0 Å². The lowest BCUT2D eigenvalue weighted by atomic mass is 9.94. The summed E-state index contributed by atoms with van der Waals surface area (Å²) in [6, 6.07) is 8.20. The zero-order valence-electron chi connectivity index (χ0n) is 10.2. The minimum absolute atomic E-state index is 0.649. The van der Waals surface area contributed by atoms with Gasteiger partial charge in [0, 0.05) is 16.4 Å². The van der Waals surface area contributed by atoms with E-state index < -0.39 is 0 Å². The molecule has 17 heavy (non-hydrogen) atoms. The summed E-state index contributed by atoms with van der Waals surface area (Å²) in [6.45, 7) is 5.70. The monoisotopic (exact) mass is 315 g/mol. The molecule has 0 saturated carbocycles. The van der Waals surface area contributed by atoms with Crippen LogP contribution in [0.5, 0.6) is 0 Å². The maximum Gasteiger partial charge on any atom is 0.0409 e. The normalized spacial score (nSPS) is 20.4. The summed E-state index contributed by atoms with van der Waals surface area (Å²) in [7, 11) is 0. The van der Waals surface area contributed by atoms with Crippen molar-refractivity contribution in [1.82, 2.24) is 4.90 Å². The van der Waals surface area contributed by atoms with Crippen molar-refractivity contribution < 1.29 is 0 Å². The molecule has 94 valence electrons. The first kappa shape index (κ1) is 13.4. The van der Waals surface area contributed by atoms with E-state index in [1.807, 2.05) is 12.1 Å². The van der Waals surface area contributed by atoms with Crippen molar-refractivity contribution in [3.63, 3.8) is 0 Å². The molecule has 1 aliphatic rings. The Morgan fingerprint density at radius 3 is 2.71 bits per heavy atom. The highest BCUT2D eigenvalue weighted by molar-refractivity contribution is 9.09. The SMILES string of the molecule is CC(Br)C1CCN(Cc2cccc(Cl)c2)CC1. The zero-order valence-corrected chi connectivity index (χ0v) is 12.5. The molecule has 1 aromatic rings. The summed E-state index contributed by atoms with van der Waals surface area (Å²) >= 11 is 9.70. The molecule has 1 nitrogen and oxygen atoms in total. The van der Waals surface area contributed by atoms with E-state index in [9.17, 15) is 0 Å². The lowest BCUT2D eigenvalue weighted by molar-refractivity contribution is 0.178. The van der Waals surface area contributed by atoms with Gasteiger partial charge in [-0.2, -0.15) is 0 Å². The van der Waals surface area contributed by atoms with Crippen molar-refractivity contribution in [1.29, 1.82) is 0 Å². The molecule has 1 unspecified atom stereocenters. The van der Waals surface area contributed by atoms with Crippen molar-refractivity contribution in [2.24, 2.45) is 5.92 Å². The fourth-order valence-corrected chi connectivity index (χ4v) is 3.21. The van der Waals surface area contributed by atoms with Crippen LogP contribution < -0.4 is 0 Å². The molecular formula is C14H19BrClN. The first-order valence-electron chi connectivity index (χ1n) is 6.26. The third-order valence-electron chi connectivity index (χ3n) is 3.58. The van der Waals surface area contributed by atoms with Gasteiger partial charge in [-0.1, -0.05) is 46.6 Å². The van der Waals surface area contributed by atoms with Crippen molar-refractivity contribution in [2.45, 2.75) is 31.1 Å². The molecule has 3 heteroatoms. The maximum absolute atomic E-state index is 6.00. The van der Waals surface area contributed by atoms with Crippen LogP contribution in [0.25, 0.3) is 0 Å². The highest BCUT2D eigenvalue weighted by Gasteiger charge is 2.22. The fourth-order valence-electron chi connectivity index (χ4n) is 2.46. The molecule has 0 bridgehead atoms. The predicted molar refractivity (Wildman–Crippen MR) is 77.8 cm³/mol. The number of benzene rings is 1. The van der Waals surface area contributed by atoms with E-state index >= 15 is 0 Å². The van der Waals surface area contributed by atoms with Gasteiger partial charge in [0.05, 0.1) is 0 Å². The van der Waals surface area contributed by atoms with Crippen LogP contribution in [0.2, 0.25) is 5.02 Å². The molecule has 0 radical (unpaired) electrons. The van der Waals surface area contributed by atoms with Crippen LogP contribution in [-0.4, -0.2) is 22.8 Å². The summed E-state index contributed by atoms with van der Waals surface area (Å²) < 4.78 is 0. The smallest absolute Gasteiger partial charge is 0.0409 e. The molecular weight excluding hydrogens is 298 g/mol. The van der Waals surface area contributed by atoms with Crippen LogP contribution in [0.15, 0.2) is 24.3 Å². The molecule has 0 amide bonds. The number of rotatable bonds is 3. The van der Waals surface area contributed by atoms with Crippen molar-refractivity contribution in [2.75, 3.05) is 13.1 Å². The van der Waals surface area contributed by atoms with Gasteiger partial charge in [-0.15, -0.1) is 0 Å². The van der Waals surface area contributed by atoms with Gasteiger partial charge in [0.25, 0.3) is 0 Å². The highest BCUT2D eigenvalue weighted by atomic mass is 79.9. The minimum atomic E-state index is 0.649. The quantitative estimate of drug-likeness (QED) is 0.750. The summed E-state index contributed by atoms with van der Waals surface area (Å²) in [5.41, 5.74) is 1.32. The second-order valence-corrected chi connectivity index (χ2v) is 6.80. The van der Waals surface area contributed by atoms with Gasteiger partial charge in [0.2, 0.25) is 0 Å².